The predicted octanol–water partition coefficient (Wildman–Crippen LogP) is 1.41. The molecule has 106 valence electrons. The summed E-state index contributed by atoms with van der Waals surface area (Å²) in [6.45, 7) is 5.81. The minimum absolute atomic E-state index is 0.187. The zero-order valence-corrected chi connectivity index (χ0v) is 11.2. The van der Waals surface area contributed by atoms with Crippen LogP contribution >= 0.6 is 0 Å². The molecular formula is C13H19NO5. The van der Waals surface area contributed by atoms with Crippen molar-refractivity contribution in [3.05, 3.63) is 23.7 Å². The molecule has 19 heavy (non-hydrogen) atoms. The average molecular weight is 269 g/mol. The Balaban J connectivity index is 2.74. The second kappa shape index (κ2) is 7.58. The van der Waals surface area contributed by atoms with E-state index in [0.717, 1.165) is 0 Å². The van der Waals surface area contributed by atoms with Gasteiger partial charge in [-0.15, -0.1) is 0 Å². The van der Waals surface area contributed by atoms with Gasteiger partial charge in [-0.3, -0.25) is 9.59 Å². The van der Waals surface area contributed by atoms with Crippen molar-refractivity contribution in [2.75, 3.05) is 26.3 Å². The molecule has 0 fully saturated rings. The fourth-order valence-electron chi connectivity index (χ4n) is 1.70. The summed E-state index contributed by atoms with van der Waals surface area (Å²) < 4.78 is 10.3. The van der Waals surface area contributed by atoms with Gasteiger partial charge >= 0.3 is 5.97 Å². The number of carboxylic acid groups (broad SMARTS) is 1. The maximum Gasteiger partial charge on any atom is 0.311 e. The number of hydrogen-bond acceptors (Lipinski definition) is 4. The second-order valence-electron chi connectivity index (χ2n) is 3.91. The molecular weight excluding hydrogens is 250 g/mol. The third kappa shape index (κ3) is 4.40. The van der Waals surface area contributed by atoms with E-state index >= 15 is 0 Å². The van der Waals surface area contributed by atoms with Gasteiger partial charge < -0.3 is 19.2 Å². The van der Waals surface area contributed by atoms with E-state index in [1.165, 1.54) is 12.3 Å². The fourth-order valence-corrected chi connectivity index (χ4v) is 1.70. The summed E-state index contributed by atoms with van der Waals surface area (Å²) in [5, 5.41) is 8.76. The molecule has 6 nitrogen and oxygen atoms in total. The van der Waals surface area contributed by atoms with Crippen molar-refractivity contribution >= 4 is 11.9 Å². The first kappa shape index (κ1) is 15.2. The molecule has 0 saturated carbocycles. The number of nitrogens with zero attached hydrogens (tertiary/aromatic N) is 1. The number of likely N-dealkylation sites (N-methyl/N-ethyl adjacent to an activating group) is 1. The maximum absolute atomic E-state index is 12.3. The molecule has 0 saturated heterocycles. The number of rotatable bonds is 8. The summed E-state index contributed by atoms with van der Waals surface area (Å²) >= 11 is 0. The molecule has 1 rings (SSSR count). The van der Waals surface area contributed by atoms with Gasteiger partial charge in [0.05, 0.1) is 18.4 Å². The van der Waals surface area contributed by atoms with Crippen molar-refractivity contribution in [3.8, 4) is 0 Å². The lowest BCUT2D eigenvalue weighted by Crippen LogP contribution is -2.34. The monoisotopic (exact) mass is 269 g/mol. The Morgan fingerprint density at radius 3 is 2.74 bits per heavy atom. The quantitative estimate of drug-likeness (QED) is 0.722. The molecule has 1 aromatic rings. The van der Waals surface area contributed by atoms with E-state index in [4.69, 9.17) is 14.3 Å². The summed E-state index contributed by atoms with van der Waals surface area (Å²) in [5.41, 5.74) is 0.306. The van der Waals surface area contributed by atoms with E-state index in [2.05, 4.69) is 0 Å². The highest BCUT2D eigenvalue weighted by Crippen LogP contribution is 2.14. The van der Waals surface area contributed by atoms with Crippen LogP contribution in [0.4, 0.5) is 0 Å². The van der Waals surface area contributed by atoms with Gasteiger partial charge in [0.1, 0.15) is 12.2 Å². The Bertz CT molecular complexity index is 426. The van der Waals surface area contributed by atoms with Crippen LogP contribution in [0.5, 0.6) is 0 Å². The lowest BCUT2D eigenvalue weighted by molar-refractivity contribution is -0.136. The van der Waals surface area contributed by atoms with Crippen molar-refractivity contribution in [2.24, 2.45) is 0 Å². The maximum atomic E-state index is 12.3. The van der Waals surface area contributed by atoms with Gasteiger partial charge in [0, 0.05) is 19.7 Å². The van der Waals surface area contributed by atoms with Gasteiger partial charge in [-0.05, 0) is 19.9 Å². The molecule has 0 aliphatic rings. The largest absolute Gasteiger partial charge is 0.481 e. The number of aliphatic carboxylic acids is 1. The molecule has 0 bridgehead atoms. The molecule has 0 aliphatic carbocycles. The zero-order valence-electron chi connectivity index (χ0n) is 11.2. The van der Waals surface area contributed by atoms with E-state index in [0.29, 0.717) is 31.9 Å². The van der Waals surface area contributed by atoms with Crippen molar-refractivity contribution in [3.63, 3.8) is 0 Å². The predicted molar refractivity (Wildman–Crippen MR) is 68.1 cm³/mol. The van der Waals surface area contributed by atoms with Gasteiger partial charge in [-0.25, -0.2) is 0 Å². The number of furan rings is 1. The molecule has 1 N–H and O–H groups in total. The van der Waals surface area contributed by atoms with Crippen LogP contribution in [0, 0.1) is 0 Å². The first-order chi connectivity index (χ1) is 9.10. The summed E-state index contributed by atoms with van der Waals surface area (Å²) in [4.78, 5) is 24.5. The van der Waals surface area contributed by atoms with Crippen molar-refractivity contribution in [1.29, 1.82) is 0 Å². The normalized spacial score (nSPS) is 10.4. The van der Waals surface area contributed by atoms with Gasteiger partial charge in [0.15, 0.2) is 0 Å². The lowest BCUT2D eigenvalue weighted by atomic mass is 10.2. The third-order valence-electron chi connectivity index (χ3n) is 2.67. The van der Waals surface area contributed by atoms with Crippen LogP contribution in [-0.2, 0) is 16.0 Å². The average Bonchev–Trinajstić information content (AvgIpc) is 2.81. The number of amides is 1. The first-order valence-electron chi connectivity index (χ1n) is 6.25. The van der Waals surface area contributed by atoms with Crippen molar-refractivity contribution in [1.82, 2.24) is 4.90 Å². The molecule has 1 amide bonds. The minimum atomic E-state index is -1.03. The fraction of sp³-hybridized carbons (Fsp3) is 0.538. The molecule has 0 spiro atoms. The zero-order chi connectivity index (χ0) is 14.3. The molecule has 0 unspecified atom stereocenters. The second-order valence-corrected chi connectivity index (χ2v) is 3.91. The third-order valence-corrected chi connectivity index (χ3v) is 2.67. The van der Waals surface area contributed by atoms with Crippen LogP contribution in [0.1, 0.15) is 30.0 Å². The van der Waals surface area contributed by atoms with Crippen LogP contribution < -0.4 is 0 Å². The summed E-state index contributed by atoms with van der Waals surface area (Å²) in [7, 11) is 0. The van der Waals surface area contributed by atoms with Crippen LogP contribution in [0.3, 0.4) is 0 Å². The topological polar surface area (TPSA) is 80.0 Å². The summed E-state index contributed by atoms with van der Waals surface area (Å²) in [6.07, 6.45) is 1.04. The van der Waals surface area contributed by atoms with Crippen LogP contribution in [-0.4, -0.2) is 48.2 Å². The number of hydrogen-bond donors (Lipinski definition) is 1. The number of carbonyl (C=O) groups excluding carboxylic acids is 1. The molecule has 0 atom stereocenters. The highest BCUT2D eigenvalue weighted by atomic mass is 16.5. The SMILES string of the molecule is CCOCCN(CC)C(=O)c1ccoc1CC(=O)O. The highest BCUT2D eigenvalue weighted by Gasteiger charge is 2.21. The Kier molecular flexibility index (Phi) is 6.08. The van der Waals surface area contributed by atoms with Crippen molar-refractivity contribution in [2.45, 2.75) is 20.3 Å². The minimum Gasteiger partial charge on any atom is -0.481 e. The Hall–Kier alpha value is -1.82. The number of carboxylic acids is 1. The Labute approximate surface area is 112 Å². The molecule has 0 radical (unpaired) electrons. The van der Waals surface area contributed by atoms with E-state index in [1.54, 1.807) is 4.90 Å². The molecule has 1 heterocycles. The van der Waals surface area contributed by atoms with E-state index in [1.807, 2.05) is 13.8 Å². The molecule has 0 aliphatic heterocycles. The molecule has 1 aromatic heterocycles. The summed E-state index contributed by atoms with van der Waals surface area (Å²) in [6, 6.07) is 1.50. The van der Waals surface area contributed by atoms with E-state index in [9.17, 15) is 9.59 Å². The molecule has 6 heteroatoms. The van der Waals surface area contributed by atoms with E-state index in [-0.39, 0.29) is 18.1 Å². The van der Waals surface area contributed by atoms with Gasteiger partial charge in [-0.2, -0.15) is 0 Å². The standard InChI is InChI=1S/C13H19NO5/c1-3-14(6-8-18-4-2)13(17)10-5-7-19-11(10)9-12(15)16/h5,7H,3-4,6,8-9H2,1-2H3,(H,15,16). The van der Waals surface area contributed by atoms with Gasteiger partial charge in [-0.1, -0.05) is 0 Å². The smallest absolute Gasteiger partial charge is 0.311 e. The van der Waals surface area contributed by atoms with Gasteiger partial charge in [0.2, 0.25) is 0 Å². The van der Waals surface area contributed by atoms with Gasteiger partial charge in [0.25, 0.3) is 5.91 Å². The highest BCUT2D eigenvalue weighted by molar-refractivity contribution is 5.96. The molecule has 0 aromatic carbocycles. The van der Waals surface area contributed by atoms with E-state index < -0.39 is 5.97 Å². The summed E-state index contributed by atoms with van der Waals surface area (Å²) in [5.74, 6) is -1.07. The Morgan fingerprint density at radius 1 is 1.42 bits per heavy atom. The van der Waals surface area contributed by atoms with Crippen LogP contribution in [0.2, 0.25) is 0 Å². The number of ether oxygens (including phenoxy) is 1. The van der Waals surface area contributed by atoms with Crippen LogP contribution in [0.25, 0.3) is 0 Å². The lowest BCUT2D eigenvalue weighted by Gasteiger charge is -2.20. The number of carbonyl (C=O) groups is 2. The Morgan fingerprint density at radius 2 is 2.16 bits per heavy atom. The van der Waals surface area contributed by atoms with Crippen LogP contribution in [0.15, 0.2) is 16.7 Å². The first-order valence-corrected chi connectivity index (χ1v) is 6.25. The van der Waals surface area contributed by atoms with Crippen molar-refractivity contribution < 1.29 is 23.8 Å².